The molecule has 1 aromatic carbocycles. The summed E-state index contributed by atoms with van der Waals surface area (Å²) in [5.41, 5.74) is 1.82. The SMILES string of the molecule is OBc1cnc2ccccc2c1. The Balaban J connectivity index is 2.67. The summed E-state index contributed by atoms with van der Waals surface area (Å²) < 4.78 is 0. The predicted octanol–water partition coefficient (Wildman–Crippen LogP) is 0.204. The highest BCUT2D eigenvalue weighted by molar-refractivity contribution is 6.45. The summed E-state index contributed by atoms with van der Waals surface area (Å²) in [4.78, 5) is 4.19. The maximum atomic E-state index is 8.86. The third-order valence-electron chi connectivity index (χ3n) is 1.83. The molecule has 2 rings (SSSR count). The van der Waals surface area contributed by atoms with E-state index in [1.54, 1.807) is 6.20 Å². The summed E-state index contributed by atoms with van der Waals surface area (Å²) in [6.07, 6.45) is 1.70. The Bertz CT molecular complexity index is 402. The van der Waals surface area contributed by atoms with Gasteiger partial charge in [-0.1, -0.05) is 24.3 Å². The molecule has 0 saturated carbocycles. The van der Waals surface area contributed by atoms with Crippen molar-refractivity contribution >= 4 is 23.8 Å². The summed E-state index contributed by atoms with van der Waals surface area (Å²) in [5, 5.41) is 9.93. The molecule has 0 aliphatic heterocycles. The average molecular weight is 157 g/mol. The smallest absolute Gasteiger partial charge is 0.306 e. The number of aromatic nitrogens is 1. The van der Waals surface area contributed by atoms with E-state index in [1.807, 2.05) is 30.3 Å². The molecular formula is C9H8BNO. The molecule has 0 spiro atoms. The highest BCUT2D eigenvalue weighted by atomic mass is 16.2. The summed E-state index contributed by atoms with van der Waals surface area (Å²) >= 11 is 0. The zero-order valence-corrected chi connectivity index (χ0v) is 6.57. The summed E-state index contributed by atoms with van der Waals surface area (Å²) in [6.45, 7) is 0. The molecule has 3 heteroatoms. The standard InChI is InChI=1S/C9H8BNO/c12-10-8-5-7-3-1-2-4-9(7)11-6-8/h1-6,10,12H. The molecule has 0 aliphatic rings. The van der Waals surface area contributed by atoms with Gasteiger partial charge in [-0.2, -0.15) is 0 Å². The molecule has 0 amide bonds. The lowest BCUT2D eigenvalue weighted by molar-refractivity contribution is 0.615. The Hall–Kier alpha value is -1.35. The van der Waals surface area contributed by atoms with Gasteiger partial charge in [-0.3, -0.25) is 4.98 Å². The van der Waals surface area contributed by atoms with E-state index in [0.717, 1.165) is 16.4 Å². The van der Waals surface area contributed by atoms with Gasteiger partial charge < -0.3 is 5.02 Å². The van der Waals surface area contributed by atoms with E-state index >= 15 is 0 Å². The zero-order chi connectivity index (χ0) is 8.39. The minimum atomic E-state index is 0.0534. The van der Waals surface area contributed by atoms with Gasteiger partial charge in [0.25, 0.3) is 0 Å². The number of fused-ring (bicyclic) bond motifs is 1. The van der Waals surface area contributed by atoms with Crippen LogP contribution in [0.3, 0.4) is 0 Å². The summed E-state index contributed by atoms with van der Waals surface area (Å²) in [7, 11) is 0.0534. The van der Waals surface area contributed by atoms with Crippen LogP contribution >= 0.6 is 0 Å². The van der Waals surface area contributed by atoms with E-state index in [2.05, 4.69) is 4.98 Å². The molecule has 0 aliphatic carbocycles. The van der Waals surface area contributed by atoms with Gasteiger partial charge in [0, 0.05) is 6.20 Å². The second kappa shape index (κ2) is 2.95. The predicted molar refractivity (Wildman–Crippen MR) is 50.7 cm³/mol. The molecule has 1 heterocycles. The molecular weight excluding hydrogens is 149 g/mol. The summed E-state index contributed by atoms with van der Waals surface area (Å²) in [5.74, 6) is 0. The Labute approximate surface area is 71.1 Å². The van der Waals surface area contributed by atoms with E-state index in [9.17, 15) is 0 Å². The quantitative estimate of drug-likeness (QED) is 0.600. The molecule has 0 unspecified atom stereocenters. The molecule has 0 atom stereocenters. The van der Waals surface area contributed by atoms with Crippen molar-refractivity contribution in [1.82, 2.24) is 4.98 Å². The fourth-order valence-electron chi connectivity index (χ4n) is 1.20. The van der Waals surface area contributed by atoms with Crippen LogP contribution < -0.4 is 5.46 Å². The highest BCUT2D eigenvalue weighted by Crippen LogP contribution is 2.07. The number of rotatable bonds is 1. The van der Waals surface area contributed by atoms with Gasteiger partial charge in [0.2, 0.25) is 0 Å². The van der Waals surface area contributed by atoms with Crippen molar-refractivity contribution in [2.24, 2.45) is 0 Å². The third-order valence-corrected chi connectivity index (χ3v) is 1.83. The molecule has 1 N–H and O–H groups in total. The first kappa shape index (κ1) is 7.31. The maximum Gasteiger partial charge on any atom is 0.306 e. The van der Waals surface area contributed by atoms with E-state index in [-0.39, 0.29) is 7.48 Å². The van der Waals surface area contributed by atoms with Gasteiger partial charge in [0.1, 0.15) is 0 Å². The van der Waals surface area contributed by atoms with Crippen molar-refractivity contribution in [3.63, 3.8) is 0 Å². The lowest BCUT2D eigenvalue weighted by Gasteiger charge is -1.97. The first-order chi connectivity index (χ1) is 5.90. The van der Waals surface area contributed by atoms with Gasteiger partial charge in [-0.05, 0) is 16.9 Å². The van der Waals surface area contributed by atoms with E-state index < -0.39 is 0 Å². The molecule has 12 heavy (non-hydrogen) atoms. The van der Waals surface area contributed by atoms with Crippen molar-refractivity contribution in [3.05, 3.63) is 36.5 Å². The van der Waals surface area contributed by atoms with Crippen molar-refractivity contribution in [1.29, 1.82) is 0 Å². The van der Waals surface area contributed by atoms with Crippen molar-refractivity contribution in [2.75, 3.05) is 0 Å². The Morgan fingerprint density at radius 3 is 2.92 bits per heavy atom. The van der Waals surface area contributed by atoms with Crippen LogP contribution in [0.15, 0.2) is 36.5 Å². The Kier molecular flexibility index (Phi) is 1.80. The molecule has 2 nitrogen and oxygen atoms in total. The van der Waals surface area contributed by atoms with Crippen molar-refractivity contribution < 1.29 is 5.02 Å². The molecule has 1 aromatic heterocycles. The number of benzene rings is 1. The second-order valence-corrected chi connectivity index (χ2v) is 2.69. The average Bonchev–Trinajstić information content (AvgIpc) is 2.17. The van der Waals surface area contributed by atoms with Crippen molar-refractivity contribution in [3.8, 4) is 0 Å². The van der Waals surface area contributed by atoms with Crippen LogP contribution in [0, 0.1) is 0 Å². The Morgan fingerprint density at radius 2 is 2.08 bits per heavy atom. The number of hydrogen-bond acceptors (Lipinski definition) is 2. The van der Waals surface area contributed by atoms with Gasteiger partial charge in [0.05, 0.1) is 5.52 Å². The zero-order valence-electron chi connectivity index (χ0n) is 6.57. The monoisotopic (exact) mass is 157 g/mol. The maximum absolute atomic E-state index is 8.86. The van der Waals surface area contributed by atoms with Crippen LogP contribution in [0.25, 0.3) is 10.9 Å². The second-order valence-electron chi connectivity index (χ2n) is 2.69. The lowest BCUT2D eigenvalue weighted by Crippen LogP contribution is -2.13. The third kappa shape index (κ3) is 1.19. The van der Waals surface area contributed by atoms with Crippen LogP contribution in [0.4, 0.5) is 0 Å². The number of pyridine rings is 1. The number of hydrogen-bond donors (Lipinski definition) is 1. The van der Waals surface area contributed by atoms with Gasteiger partial charge >= 0.3 is 7.48 Å². The fourth-order valence-corrected chi connectivity index (χ4v) is 1.20. The summed E-state index contributed by atoms with van der Waals surface area (Å²) in [6, 6.07) is 9.80. The molecule has 0 fully saturated rings. The van der Waals surface area contributed by atoms with Gasteiger partial charge in [-0.15, -0.1) is 0 Å². The van der Waals surface area contributed by atoms with E-state index in [1.165, 1.54) is 0 Å². The first-order valence-electron chi connectivity index (χ1n) is 3.84. The highest BCUT2D eigenvalue weighted by Gasteiger charge is 1.95. The minimum absolute atomic E-state index is 0.0534. The molecule has 0 saturated heterocycles. The normalized spacial score (nSPS) is 10.1. The largest absolute Gasteiger partial charge is 0.449 e. The molecule has 0 bridgehead atoms. The van der Waals surface area contributed by atoms with Crippen LogP contribution in [-0.2, 0) is 0 Å². The number of para-hydroxylation sites is 1. The van der Waals surface area contributed by atoms with E-state index in [0.29, 0.717) is 0 Å². The lowest BCUT2D eigenvalue weighted by atomic mass is 9.90. The van der Waals surface area contributed by atoms with Crippen molar-refractivity contribution in [2.45, 2.75) is 0 Å². The molecule has 58 valence electrons. The van der Waals surface area contributed by atoms with Crippen LogP contribution in [0.1, 0.15) is 0 Å². The van der Waals surface area contributed by atoms with E-state index in [4.69, 9.17) is 5.02 Å². The van der Waals surface area contributed by atoms with Crippen LogP contribution in [-0.4, -0.2) is 17.5 Å². The van der Waals surface area contributed by atoms with Gasteiger partial charge in [-0.25, -0.2) is 0 Å². The van der Waals surface area contributed by atoms with Gasteiger partial charge in [0.15, 0.2) is 0 Å². The van der Waals surface area contributed by atoms with Crippen LogP contribution in [0.2, 0.25) is 0 Å². The minimum Gasteiger partial charge on any atom is -0.449 e. The number of nitrogens with zero attached hydrogens (tertiary/aromatic N) is 1. The first-order valence-corrected chi connectivity index (χ1v) is 3.84. The topological polar surface area (TPSA) is 33.1 Å². The van der Waals surface area contributed by atoms with Crippen LogP contribution in [0.5, 0.6) is 0 Å². The Morgan fingerprint density at radius 1 is 1.25 bits per heavy atom. The molecule has 2 aromatic rings. The fraction of sp³-hybridized carbons (Fsp3) is 0. The molecule has 0 radical (unpaired) electrons.